The summed E-state index contributed by atoms with van der Waals surface area (Å²) >= 11 is 0. The van der Waals surface area contributed by atoms with E-state index in [-0.39, 0.29) is 5.78 Å². The lowest BCUT2D eigenvalue weighted by Gasteiger charge is -2.07. The molecule has 0 aliphatic carbocycles. The number of benzene rings is 1. The van der Waals surface area contributed by atoms with Crippen LogP contribution < -0.4 is 5.32 Å². The molecule has 2 heteroatoms. The Morgan fingerprint density at radius 1 is 1.29 bits per heavy atom. The van der Waals surface area contributed by atoms with Gasteiger partial charge in [0.25, 0.3) is 0 Å². The van der Waals surface area contributed by atoms with E-state index >= 15 is 0 Å². The second-order valence-corrected chi connectivity index (χ2v) is 3.79. The van der Waals surface area contributed by atoms with Gasteiger partial charge in [0, 0.05) is 18.2 Å². The van der Waals surface area contributed by atoms with Gasteiger partial charge in [-0.3, -0.25) is 4.79 Å². The largest absolute Gasteiger partial charge is 0.310 e. The minimum atomic E-state index is 0.119. The fourth-order valence-corrected chi connectivity index (χ4v) is 1.18. The summed E-state index contributed by atoms with van der Waals surface area (Å²) in [6, 6.07) is 8.22. The molecule has 0 saturated heterocycles. The highest BCUT2D eigenvalue weighted by Crippen LogP contribution is 2.05. The zero-order chi connectivity index (χ0) is 10.6. The van der Waals surface area contributed by atoms with Crippen molar-refractivity contribution in [1.29, 1.82) is 0 Å². The fourth-order valence-electron chi connectivity index (χ4n) is 1.18. The maximum absolute atomic E-state index is 11.0. The summed E-state index contributed by atoms with van der Waals surface area (Å²) < 4.78 is 0. The number of hydrogen-bond acceptors (Lipinski definition) is 2. The highest BCUT2D eigenvalue weighted by Gasteiger charge is 1.99. The monoisotopic (exact) mass is 191 g/mol. The molecule has 1 N–H and O–H groups in total. The number of Topliss-reactive ketones (excluding diaryl/α,β-unsaturated/α-hetero) is 1. The van der Waals surface area contributed by atoms with Crippen molar-refractivity contribution in [3.05, 3.63) is 35.4 Å². The van der Waals surface area contributed by atoms with E-state index in [4.69, 9.17) is 0 Å². The molecule has 0 unspecified atom stereocenters. The number of carbonyl (C=O) groups is 1. The van der Waals surface area contributed by atoms with Crippen LogP contribution in [0.4, 0.5) is 0 Å². The molecule has 76 valence electrons. The first-order valence-electron chi connectivity index (χ1n) is 4.93. The zero-order valence-corrected chi connectivity index (χ0v) is 9.00. The molecular weight excluding hydrogens is 174 g/mol. The van der Waals surface area contributed by atoms with Crippen LogP contribution in [0.5, 0.6) is 0 Å². The van der Waals surface area contributed by atoms with Crippen LogP contribution in [0, 0.1) is 0 Å². The van der Waals surface area contributed by atoms with Gasteiger partial charge in [0.1, 0.15) is 0 Å². The maximum atomic E-state index is 11.0. The van der Waals surface area contributed by atoms with Crippen LogP contribution in [-0.2, 0) is 6.54 Å². The summed E-state index contributed by atoms with van der Waals surface area (Å²) in [5.74, 6) is 0.119. The van der Waals surface area contributed by atoms with Crippen molar-refractivity contribution in [1.82, 2.24) is 5.32 Å². The van der Waals surface area contributed by atoms with Gasteiger partial charge in [0.05, 0.1) is 0 Å². The Hall–Kier alpha value is -1.15. The van der Waals surface area contributed by atoms with Crippen LogP contribution in [0.15, 0.2) is 24.3 Å². The number of carbonyl (C=O) groups excluding carboxylic acids is 1. The third-order valence-corrected chi connectivity index (χ3v) is 2.07. The molecule has 2 nitrogen and oxygen atoms in total. The van der Waals surface area contributed by atoms with Gasteiger partial charge in [-0.15, -0.1) is 0 Å². The summed E-state index contributed by atoms with van der Waals surface area (Å²) in [6.45, 7) is 6.67. The Kier molecular flexibility index (Phi) is 3.84. The Morgan fingerprint density at radius 3 is 2.29 bits per heavy atom. The quantitative estimate of drug-likeness (QED) is 0.740. The molecule has 0 radical (unpaired) electrons. The minimum absolute atomic E-state index is 0.119. The Morgan fingerprint density at radius 2 is 1.86 bits per heavy atom. The molecule has 0 aromatic heterocycles. The van der Waals surface area contributed by atoms with Crippen molar-refractivity contribution in [3.63, 3.8) is 0 Å². The van der Waals surface area contributed by atoms with Crippen molar-refractivity contribution in [2.75, 3.05) is 0 Å². The molecule has 0 aliphatic rings. The smallest absolute Gasteiger partial charge is 0.159 e. The molecule has 0 bridgehead atoms. The Balaban J connectivity index is 2.60. The molecular formula is C12H17NO. The summed E-state index contributed by atoms with van der Waals surface area (Å²) in [5.41, 5.74) is 1.99. The van der Waals surface area contributed by atoms with Crippen molar-refractivity contribution in [2.24, 2.45) is 0 Å². The van der Waals surface area contributed by atoms with E-state index in [1.54, 1.807) is 6.92 Å². The van der Waals surface area contributed by atoms with Crippen LogP contribution in [-0.4, -0.2) is 11.8 Å². The van der Waals surface area contributed by atoms with Gasteiger partial charge in [-0.25, -0.2) is 0 Å². The molecule has 1 aromatic rings. The summed E-state index contributed by atoms with van der Waals surface area (Å²) in [4.78, 5) is 11.0. The van der Waals surface area contributed by atoms with Gasteiger partial charge in [-0.1, -0.05) is 38.1 Å². The first kappa shape index (κ1) is 10.9. The van der Waals surface area contributed by atoms with Gasteiger partial charge in [0.2, 0.25) is 0 Å². The second-order valence-electron chi connectivity index (χ2n) is 3.79. The Bertz CT molecular complexity index is 301. The van der Waals surface area contributed by atoms with E-state index < -0.39 is 0 Å². The molecule has 0 heterocycles. The molecule has 0 amide bonds. The van der Waals surface area contributed by atoms with Crippen molar-refractivity contribution in [2.45, 2.75) is 33.4 Å². The fraction of sp³-hybridized carbons (Fsp3) is 0.417. The molecule has 1 rings (SSSR count). The van der Waals surface area contributed by atoms with Crippen LogP contribution >= 0.6 is 0 Å². The third-order valence-electron chi connectivity index (χ3n) is 2.07. The van der Waals surface area contributed by atoms with Gasteiger partial charge in [0.15, 0.2) is 5.78 Å². The zero-order valence-electron chi connectivity index (χ0n) is 9.00. The number of rotatable bonds is 4. The first-order chi connectivity index (χ1) is 6.59. The molecule has 14 heavy (non-hydrogen) atoms. The molecule has 1 aromatic carbocycles. The van der Waals surface area contributed by atoms with Gasteiger partial charge < -0.3 is 5.32 Å². The van der Waals surface area contributed by atoms with E-state index in [9.17, 15) is 4.79 Å². The lowest BCUT2D eigenvalue weighted by Crippen LogP contribution is -2.21. The molecule has 0 spiro atoms. The van der Waals surface area contributed by atoms with Crippen LogP contribution in [0.2, 0.25) is 0 Å². The lowest BCUT2D eigenvalue weighted by atomic mass is 10.1. The van der Waals surface area contributed by atoms with Gasteiger partial charge >= 0.3 is 0 Å². The van der Waals surface area contributed by atoms with E-state index in [1.807, 2.05) is 24.3 Å². The normalized spacial score (nSPS) is 10.6. The molecule has 0 fully saturated rings. The average Bonchev–Trinajstić information content (AvgIpc) is 2.15. The molecule has 0 atom stereocenters. The predicted molar refractivity (Wildman–Crippen MR) is 58.4 cm³/mol. The summed E-state index contributed by atoms with van der Waals surface area (Å²) in [5, 5.41) is 3.33. The lowest BCUT2D eigenvalue weighted by molar-refractivity contribution is 0.101. The van der Waals surface area contributed by atoms with E-state index in [0.717, 1.165) is 12.1 Å². The highest BCUT2D eigenvalue weighted by molar-refractivity contribution is 5.93. The van der Waals surface area contributed by atoms with Gasteiger partial charge in [-0.2, -0.15) is 0 Å². The SMILES string of the molecule is CC(=O)c1ccc(CNC(C)C)cc1. The van der Waals surface area contributed by atoms with E-state index in [1.165, 1.54) is 5.56 Å². The Labute approximate surface area is 85.3 Å². The van der Waals surface area contributed by atoms with E-state index in [0.29, 0.717) is 6.04 Å². The first-order valence-corrected chi connectivity index (χ1v) is 4.93. The summed E-state index contributed by atoms with van der Waals surface area (Å²) in [6.07, 6.45) is 0. The van der Waals surface area contributed by atoms with Gasteiger partial charge in [-0.05, 0) is 12.5 Å². The molecule has 0 saturated carbocycles. The number of nitrogens with one attached hydrogen (secondary N) is 1. The maximum Gasteiger partial charge on any atom is 0.159 e. The average molecular weight is 191 g/mol. The van der Waals surface area contributed by atoms with Crippen molar-refractivity contribution < 1.29 is 4.79 Å². The highest BCUT2D eigenvalue weighted by atomic mass is 16.1. The standard InChI is InChI=1S/C12H17NO/c1-9(2)13-8-11-4-6-12(7-5-11)10(3)14/h4-7,9,13H,8H2,1-3H3. The van der Waals surface area contributed by atoms with Crippen LogP contribution in [0.1, 0.15) is 36.7 Å². The predicted octanol–water partition coefficient (Wildman–Crippen LogP) is 2.39. The van der Waals surface area contributed by atoms with E-state index in [2.05, 4.69) is 19.2 Å². The number of hydrogen-bond donors (Lipinski definition) is 1. The van der Waals surface area contributed by atoms with Crippen LogP contribution in [0.3, 0.4) is 0 Å². The minimum Gasteiger partial charge on any atom is -0.310 e. The topological polar surface area (TPSA) is 29.1 Å². The van der Waals surface area contributed by atoms with Crippen LogP contribution in [0.25, 0.3) is 0 Å². The third kappa shape index (κ3) is 3.30. The number of ketones is 1. The molecule has 0 aliphatic heterocycles. The second kappa shape index (κ2) is 4.91. The van der Waals surface area contributed by atoms with Crippen molar-refractivity contribution >= 4 is 5.78 Å². The van der Waals surface area contributed by atoms with Crippen molar-refractivity contribution in [3.8, 4) is 0 Å². The summed E-state index contributed by atoms with van der Waals surface area (Å²) in [7, 11) is 0.